The Morgan fingerprint density at radius 3 is 2.11 bits per heavy atom. The summed E-state index contributed by atoms with van der Waals surface area (Å²) in [7, 11) is -1.52. The molecule has 242 valence electrons. The van der Waals surface area contributed by atoms with Crippen molar-refractivity contribution in [2.75, 3.05) is 31.6 Å². The molecule has 0 spiro atoms. The lowest BCUT2D eigenvalue weighted by Crippen LogP contribution is -2.53. The highest BCUT2D eigenvalue weighted by Gasteiger charge is 2.35. The van der Waals surface area contributed by atoms with E-state index in [9.17, 15) is 18.0 Å². The number of hydrogen-bond donors (Lipinski definition) is 1. The van der Waals surface area contributed by atoms with Gasteiger partial charge in [-0.15, -0.1) is 0 Å². The van der Waals surface area contributed by atoms with Crippen molar-refractivity contribution in [1.29, 1.82) is 0 Å². The number of hydrogen-bond acceptors (Lipinski definition) is 6. The lowest BCUT2D eigenvalue weighted by Gasteiger charge is -2.34. The van der Waals surface area contributed by atoms with Gasteiger partial charge in [0.1, 0.15) is 12.6 Å². The number of halogens is 2. The highest BCUT2D eigenvalue weighted by Crippen LogP contribution is 2.33. The van der Waals surface area contributed by atoms with Gasteiger partial charge in [0, 0.05) is 35.6 Å². The number of nitrogens with one attached hydrogen (secondary N) is 1. The second-order valence-electron chi connectivity index (χ2n) is 10.3. The van der Waals surface area contributed by atoms with Crippen LogP contribution in [0.2, 0.25) is 10.0 Å². The van der Waals surface area contributed by atoms with Gasteiger partial charge in [-0.3, -0.25) is 13.9 Å². The Morgan fingerprint density at radius 1 is 0.804 bits per heavy atom. The molecule has 0 aliphatic rings. The Morgan fingerprint density at radius 2 is 1.48 bits per heavy atom. The van der Waals surface area contributed by atoms with Crippen LogP contribution >= 0.6 is 23.2 Å². The molecular weight excluding hydrogens is 649 g/mol. The van der Waals surface area contributed by atoms with Gasteiger partial charge in [0.2, 0.25) is 11.8 Å². The van der Waals surface area contributed by atoms with Crippen LogP contribution in [0.5, 0.6) is 11.5 Å². The van der Waals surface area contributed by atoms with E-state index in [1.54, 1.807) is 31.2 Å². The number of nitrogens with zero attached hydrogens (tertiary/aromatic N) is 2. The average Bonchev–Trinajstić information content (AvgIpc) is 3.05. The van der Waals surface area contributed by atoms with Gasteiger partial charge in [-0.25, -0.2) is 8.42 Å². The fourth-order valence-corrected chi connectivity index (χ4v) is 6.69. The molecule has 0 aromatic heterocycles. The van der Waals surface area contributed by atoms with Crippen molar-refractivity contribution in [3.8, 4) is 11.5 Å². The number of carbonyl (C=O) groups is 2. The minimum Gasteiger partial charge on any atom is -0.493 e. The molecule has 1 N–H and O–H groups in total. The van der Waals surface area contributed by atoms with Crippen LogP contribution in [0.4, 0.5) is 5.69 Å². The van der Waals surface area contributed by atoms with Gasteiger partial charge in [-0.05, 0) is 66.6 Å². The number of anilines is 1. The van der Waals surface area contributed by atoms with Crippen molar-refractivity contribution < 1.29 is 27.5 Å². The second kappa shape index (κ2) is 15.8. The zero-order chi connectivity index (χ0) is 33.3. The Balaban J connectivity index is 1.82. The monoisotopic (exact) mass is 683 g/mol. The van der Waals surface area contributed by atoms with Gasteiger partial charge < -0.3 is 19.7 Å². The maximum absolute atomic E-state index is 14.5. The largest absolute Gasteiger partial charge is 0.493 e. The maximum atomic E-state index is 14.5. The van der Waals surface area contributed by atoms with Crippen molar-refractivity contribution in [3.05, 3.63) is 118 Å². The Labute approximate surface area is 279 Å². The summed E-state index contributed by atoms with van der Waals surface area (Å²) in [5.74, 6) is -0.435. The zero-order valence-corrected chi connectivity index (χ0v) is 28.0. The van der Waals surface area contributed by atoms with Crippen LogP contribution in [-0.2, 0) is 32.6 Å². The van der Waals surface area contributed by atoms with E-state index in [-0.39, 0.29) is 35.2 Å². The van der Waals surface area contributed by atoms with Gasteiger partial charge in [-0.1, -0.05) is 65.7 Å². The predicted octanol–water partition coefficient (Wildman–Crippen LogP) is 5.98. The molecule has 46 heavy (non-hydrogen) atoms. The van der Waals surface area contributed by atoms with Gasteiger partial charge in [0.05, 0.1) is 24.8 Å². The molecule has 0 saturated carbocycles. The van der Waals surface area contributed by atoms with E-state index < -0.39 is 28.5 Å². The van der Waals surface area contributed by atoms with Crippen LogP contribution in [0.25, 0.3) is 0 Å². The summed E-state index contributed by atoms with van der Waals surface area (Å²) in [6, 6.07) is 25.6. The summed E-state index contributed by atoms with van der Waals surface area (Å²) >= 11 is 12.4. The second-order valence-corrected chi connectivity index (χ2v) is 13.0. The van der Waals surface area contributed by atoms with E-state index in [0.717, 1.165) is 9.87 Å². The van der Waals surface area contributed by atoms with Crippen LogP contribution < -0.4 is 19.1 Å². The molecule has 4 rings (SSSR count). The number of benzene rings is 4. The Hall–Kier alpha value is -4.25. The summed E-state index contributed by atoms with van der Waals surface area (Å²) in [5.41, 5.74) is 1.70. The third-order valence-corrected chi connectivity index (χ3v) is 9.46. The molecular formula is C34H35Cl2N3O6S. The number of carbonyl (C=O) groups excluding carboxylic acids is 2. The number of rotatable bonds is 14. The number of sulfonamides is 1. The first-order chi connectivity index (χ1) is 22.1. The molecule has 1 unspecified atom stereocenters. The molecule has 4 aromatic carbocycles. The molecule has 1 atom stereocenters. The van der Waals surface area contributed by atoms with E-state index in [2.05, 4.69) is 5.32 Å². The number of ether oxygens (including phenoxy) is 2. The van der Waals surface area contributed by atoms with E-state index in [1.165, 1.54) is 61.6 Å². The van der Waals surface area contributed by atoms with Crippen LogP contribution in [0.1, 0.15) is 18.1 Å². The zero-order valence-electron chi connectivity index (χ0n) is 25.7. The third kappa shape index (κ3) is 8.51. The molecule has 0 bridgehead atoms. The Kier molecular flexibility index (Phi) is 11.9. The van der Waals surface area contributed by atoms with Crippen LogP contribution in [-0.4, -0.2) is 58.5 Å². The van der Waals surface area contributed by atoms with Crippen molar-refractivity contribution in [2.24, 2.45) is 0 Å². The number of likely N-dealkylation sites (N-methyl/N-ethyl adjacent to an activating group) is 1. The molecule has 0 heterocycles. The molecule has 0 radical (unpaired) electrons. The van der Waals surface area contributed by atoms with Crippen molar-refractivity contribution in [3.63, 3.8) is 0 Å². The molecule has 0 fully saturated rings. The normalized spacial score (nSPS) is 11.8. The van der Waals surface area contributed by atoms with Gasteiger partial charge >= 0.3 is 0 Å². The van der Waals surface area contributed by atoms with Crippen molar-refractivity contribution >= 4 is 50.7 Å². The van der Waals surface area contributed by atoms with Crippen LogP contribution in [0, 0.1) is 0 Å². The van der Waals surface area contributed by atoms with E-state index >= 15 is 0 Å². The quantitative estimate of drug-likeness (QED) is 0.175. The van der Waals surface area contributed by atoms with Crippen LogP contribution in [0.15, 0.2) is 102 Å². The first-order valence-electron chi connectivity index (χ1n) is 14.4. The summed E-state index contributed by atoms with van der Waals surface area (Å²) in [6.07, 6.45) is 0.197. The molecule has 0 aliphatic heterocycles. The Bertz CT molecular complexity index is 1750. The molecule has 2 amide bonds. The van der Waals surface area contributed by atoms with Gasteiger partial charge in [-0.2, -0.15) is 0 Å². The van der Waals surface area contributed by atoms with Gasteiger partial charge in [0.15, 0.2) is 11.5 Å². The van der Waals surface area contributed by atoms with Crippen LogP contribution in [0.3, 0.4) is 0 Å². The number of methoxy groups -OCH3 is 2. The summed E-state index contributed by atoms with van der Waals surface area (Å²) in [5, 5.41) is 3.69. The van der Waals surface area contributed by atoms with Gasteiger partial charge in [0.25, 0.3) is 10.0 Å². The summed E-state index contributed by atoms with van der Waals surface area (Å²) in [6.45, 7) is 1.51. The summed E-state index contributed by atoms with van der Waals surface area (Å²) < 4.78 is 40.2. The van der Waals surface area contributed by atoms with Crippen molar-refractivity contribution in [2.45, 2.75) is 30.8 Å². The first-order valence-corrected chi connectivity index (χ1v) is 16.6. The first kappa shape index (κ1) is 34.6. The molecule has 9 nitrogen and oxygen atoms in total. The molecule has 0 saturated heterocycles. The topological polar surface area (TPSA) is 105 Å². The third-order valence-electron chi connectivity index (χ3n) is 7.20. The molecule has 12 heteroatoms. The fourth-order valence-electron chi connectivity index (χ4n) is 4.92. The fraction of sp³-hybridized carbons (Fsp3) is 0.235. The molecule has 0 aliphatic carbocycles. The van der Waals surface area contributed by atoms with E-state index in [4.69, 9.17) is 32.7 Å². The average molecular weight is 685 g/mol. The SMILES string of the molecule is CCNC(=O)C(Cc1ccccc1)N(Cc1cccc(Cl)c1)C(=O)CN(c1ccc(Cl)cc1)S(=O)(=O)c1ccc(OC)c(OC)c1. The lowest BCUT2D eigenvalue weighted by molar-refractivity contribution is -0.140. The van der Waals surface area contributed by atoms with E-state index in [0.29, 0.717) is 27.9 Å². The van der Waals surface area contributed by atoms with Crippen molar-refractivity contribution in [1.82, 2.24) is 10.2 Å². The number of amides is 2. The predicted molar refractivity (Wildman–Crippen MR) is 180 cm³/mol. The van der Waals surface area contributed by atoms with E-state index in [1.807, 2.05) is 30.3 Å². The maximum Gasteiger partial charge on any atom is 0.264 e. The molecule has 4 aromatic rings. The minimum absolute atomic E-state index is 0.00110. The smallest absolute Gasteiger partial charge is 0.264 e. The summed E-state index contributed by atoms with van der Waals surface area (Å²) in [4.78, 5) is 29.3. The highest BCUT2D eigenvalue weighted by atomic mass is 35.5. The lowest BCUT2D eigenvalue weighted by atomic mass is 10.0. The standard InChI is InChI=1S/C34H35Cl2N3O6S/c1-4-37-34(41)30(20-24-9-6-5-7-10-24)38(22-25-11-8-12-27(36)19-25)33(40)23-39(28-15-13-26(35)14-16-28)46(42,43)29-17-18-31(44-2)32(21-29)45-3/h5-19,21,30H,4,20,22-23H2,1-3H3,(H,37,41). The minimum atomic E-state index is -4.36. The highest BCUT2D eigenvalue weighted by molar-refractivity contribution is 7.92.